The van der Waals surface area contributed by atoms with E-state index in [-0.39, 0.29) is 25.2 Å². The molecule has 0 saturated heterocycles. The van der Waals surface area contributed by atoms with Crippen molar-refractivity contribution in [2.45, 2.75) is 6.54 Å². The third kappa shape index (κ3) is 4.37. The van der Waals surface area contributed by atoms with Gasteiger partial charge in [0.2, 0.25) is 15.9 Å². The molecular weight excluding hydrogens is 308 g/mol. The molecule has 8 nitrogen and oxygen atoms in total. The van der Waals surface area contributed by atoms with Gasteiger partial charge in [-0.05, 0) is 6.07 Å². The summed E-state index contributed by atoms with van der Waals surface area (Å²) < 4.78 is 25.0. The fourth-order valence-electron chi connectivity index (χ4n) is 1.87. The van der Waals surface area contributed by atoms with Crippen LogP contribution in [0.1, 0.15) is 0 Å². The molecule has 0 saturated carbocycles. The molecule has 0 aliphatic heterocycles. The van der Waals surface area contributed by atoms with Gasteiger partial charge < -0.3 is 5.32 Å². The van der Waals surface area contributed by atoms with E-state index in [1.54, 1.807) is 24.3 Å². The van der Waals surface area contributed by atoms with E-state index in [0.717, 1.165) is 10.9 Å². The Balaban J connectivity index is 1.97. The molecule has 0 radical (unpaired) electrons. The molecule has 22 heavy (non-hydrogen) atoms. The standard InChI is InChI=1S/C13H16N4O4S/c1-22(20,21)16-7-6-14-12(18)9-17-13(19)11-5-3-2-4-10(11)8-15-17/h2-5,8,16H,6-7,9H2,1H3,(H,14,18). The molecule has 1 amide bonds. The average molecular weight is 324 g/mol. The second-order valence-electron chi connectivity index (χ2n) is 4.71. The highest BCUT2D eigenvalue weighted by Crippen LogP contribution is 2.05. The fraction of sp³-hybridized carbons (Fsp3) is 0.308. The minimum atomic E-state index is -3.28. The lowest BCUT2D eigenvalue weighted by atomic mass is 10.2. The molecule has 0 fully saturated rings. The predicted molar refractivity (Wildman–Crippen MR) is 81.9 cm³/mol. The Labute approximate surface area is 127 Å². The van der Waals surface area contributed by atoms with Crippen molar-refractivity contribution in [1.82, 2.24) is 19.8 Å². The molecule has 2 N–H and O–H groups in total. The maximum atomic E-state index is 12.2. The zero-order chi connectivity index (χ0) is 16.2. The Morgan fingerprint density at radius 2 is 2.00 bits per heavy atom. The molecule has 0 aliphatic rings. The number of nitrogens with zero attached hydrogens (tertiary/aromatic N) is 2. The highest BCUT2D eigenvalue weighted by molar-refractivity contribution is 7.88. The molecule has 1 aromatic heterocycles. The molecule has 0 bridgehead atoms. The Kier molecular flexibility index (Phi) is 4.88. The zero-order valence-corrected chi connectivity index (χ0v) is 12.8. The van der Waals surface area contributed by atoms with Crippen LogP contribution in [-0.4, -0.2) is 43.5 Å². The van der Waals surface area contributed by atoms with Crippen LogP contribution in [0.3, 0.4) is 0 Å². The Morgan fingerprint density at radius 1 is 1.27 bits per heavy atom. The van der Waals surface area contributed by atoms with Crippen LogP contribution in [0.5, 0.6) is 0 Å². The van der Waals surface area contributed by atoms with Crippen molar-refractivity contribution in [2.24, 2.45) is 0 Å². The highest BCUT2D eigenvalue weighted by Gasteiger charge is 2.08. The smallest absolute Gasteiger partial charge is 0.275 e. The lowest BCUT2D eigenvalue weighted by Crippen LogP contribution is -2.38. The molecule has 0 atom stereocenters. The molecule has 0 aliphatic carbocycles. The van der Waals surface area contributed by atoms with Crippen molar-refractivity contribution in [3.8, 4) is 0 Å². The summed E-state index contributed by atoms with van der Waals surface area (Å²) in [6.07, 6.45) is 2.56. The van der Waals surface area contributed by atoms with Gasteiger partial charge in [0, 0.05) is 18.5 Å². The van der Waals surface area contributed by atoms with Crippen molar-refractivity contribution in [1.29, 1.82) is 0 Å². The van der Waals surface area contributed by atoms with Crippen LogP contribution in [0.15, 0.2) is 35.3 Å². The Bertz CT molecular complexity index is 844. The first-order valence-corrected chi connectivity index (χ1v) is 8.42. The molecule has 2 aromatic rings. The molecule has 1 heterocycles. The summed E-state index contributed by atoms with van der Waals surface area (Å²) in [4.78, 5) is 23.9. The molecule has 1 aromatic carbocycles. The summed E-state index contributed by atoms with van der Waals surface area (Å²) in [6, 6.07) is 6.98. The van der Waals surface area contributed by atoms with Crippen LogP contribution in [0, 0.1) is 0 Å². The summed E-state index contributed by atoms with van der Waals surface area (Å²) >= 11 is 0. The highest BCUT2D eigenvalue weighted by atomic mass is 32.2. The number of amides is 1. The lowest BCUT2D eigenvalue weighted by molar-refractivity contribution is -0.121. The van der Waals surface area contributed by atoms with E-state index in [1.165, 1.54) is 6.20 Å². The molecule has 118 valence electrons. The van der Waals surface area contributed by atoms with E-state index in [1.807, 2.05) is 0 Å². The number of fused-ring (bicyclic) bond motifs is 1. The van der Waals surface area contributed by atoms with Gasteiger partial charge in [-0.25, -0.2) is 17.8 Å². The maximum absolute atomic E-state index is 12.2. The van der Waals surface area contributed by atoms with Crippen molar-refractivity contribution >= 4 is 26.7 Å². The van der Waals surface area contributed by atoms with E-state index in [4.69, 9.17) is 0 Å². The quantitative estimate of drug-likeness (QED) is 0.667. The minimum Gasteiger partial charge on any atom is -0.353 e. The van der Waals surface area contributed by atoms with Crippen molar-refractivity contribution in [3.05, 3.63) is 40.8 Å². The van der Waals surface area contributed by atoms with Crippen molar-refractivity contribution in [3.63, 3.8) is 0 Å². The maximum Gasteiger partial charge on any atom is 0.275 e. The van der Waals surface area contributed by atoms with Crippen LogP contribution in [0.2, 0.25) is 0 Å². The van der Waals surface area contributed by atoms with E-state index in [0.29, 0.717) is 10.8 Å². The van der Waals surface area contributed by atoms with Crippen LogP contribution in [-0.2, 0) is 21.4 Å². The summed E-state index contributed by atoms with van der Waals surface area (Å²) in [5, 5.41) is 7.66. The summed E-state index contributed by atoms with van der Waals surface area (Å²) in [5.74, 6) is -0.416. The van der Waals surface area contributed by atoms with Gasteiger partial charge in [-0.2, -0.15) is 5.10 Å². The number of carbonyl (C=O) groups is 1. The summed E-state index contributed by atoms with van der Waals surface area (Å²) in [7, 11) is -3.28. The second kappa shape index (κ2) is 6.67. The predicted octanol–water partition coefficient (Wildman–Crippen LogP) is -0.938. The first kappa shape index (κ1) is 16.1. The number of hydrogen-bond acceptors (Lipinski definition) is 5. The van der Waals surface area contributed by atoms with Gasteiger partial charge in [0.25, 0.3) is 5.56 Å². The number of rotatable bonds is 6. The van der Waals surface area contributed by atoms with Gasteiger partial charge in [0.15, 0.2) is 0 Å². The van der Waals surface area contributed by atoms with E-state index < -0.39 is 15.9 Å². The zero-order valence-electron chi connectivity index (χ0n) is 11.9. The molecule has 9 heteroatoms. The molecule has 0 unspecified atom stereocenters. The third-order valence-electron chi connectivity index (χ3n) is 2.87. The van der Waals surface area contributed by atoms with Crippen LogP contribution >= 0.6 is 0 Å². The van der Waals surface area contributed by atoms with Gasteiger partial charge in [-0.15, -0.1) is 0 Å². The largest absolute Gasteiger partial charge is 0.353 e. The first-order chi connectivity index (χ1) is 10.4. The van der Waals surface area contributed by atoms with Gasteiger partial charge >= 0.3 is 0 Å². The molecule has 2 rings (SSSR count). The van der Waals surface area contributed by atoms with Gasteiger partial charge in [-0.3, -0.25) is 9.59 Å². The molecular formula is C13H16N4O4S. The van der Waals surface area contributed by atoms with Gasteiger partial charge in [0.05, 0.1) is 17.8 Å². The number of benzene rings is 1. The van der Waals surface area contributed by atoms with Crippen molar-refractivity contribution in [2.75, 3.05) is 19.3 Å². The number of carbonyl (C=O) groups excluding carboxylic acids is 1. The van der Waals surface area contributed by atoms with E-state index in [9.17, 15) is 18.0 Å². The van der Waals surface area contributed by atoms with E-state index >= 15 is 0 Å². The Morgan fingerprint density at radius 3 is 2.73 bits per heavy atom. The van der Waals surface area contributed by atoms with Gasteiger partial charge in [0.1, 0.15) is 6.54 Å². The summed E-state index contributed by atoms with van der Waals surface area (Å²) in [6.45, 7) is 0.00139. The Hall–Kier alpha value is -2.26. The van der Waals surface area contributed by atoms with E-state index in [2.05, 4.69) is 15.1 Å². The number of hydrogen-bond donors (Lipinski definition) is 2. The van der Waals surface area contributed by atoms with Crippen LogP contribution in [0.4, 0.5) is 0 Å². The fourth-order valence-corrected chi connectivity index (χ4v) is 2.34. The van der Waals surface area contributed by atoms with Crippen LogP contribution < -0.4 is 15.6 Å². The number of nitrogens with one attached hydrogen (secondary N) is 2. The topological polar surface area (TPSA) is 110 Å². The van der Waals surface area contributed by atoms with Gasteiger partial charge in [-0.1, -0.05) is 18.2 Å². The minimum absolute atomic E-state index is 0.0879. The SMILES string of the molecule is CS(=O)(=O)NCCNC(=O)Cn1ncc2ccccc2c1=O. The summed E-state index contributed by atoms with van der Waals surface area (Å²) in [5.41, 5.74) is -0.345. The van der Waals surface area contributed by atoms with Crippen LogP contribution in [0.25, 0.3) is 10.8 Å². The van der Waals surface area contributed by atoms with Crippen molar-refractivity contribution < 1.29 is 13.2 Å². The third-order valence-corrected chi connectivity index (χ3v) is 3.60. The normalized spacial score (nSPS) is 11.5. The number of aromatic nitrogens is 2. The average Bonchev–Trinajstić information content (AvgIpc) is 2.46. The second-order valence-corrected chi connectivity index (χ2v) is 6.54. The monoisotopic (exact) mass is 324 g/mol. The molecule has 0 spiro atoms. The number of sulfonamides is 1. The first-order valence-electron chi connectivity index (χ1n) is 6.53. The lowest BCUT2D eigenvalue weighted by Gasteiger charge is -2.07.